The van der Waals surface area contributed by atoms with E-state index in [1.807, 2.05) is 6.92 Å². The molecule has 0 aliphatic heterocycles. The van der Waals surface area contributed by atoms with Gasteiger partial charge in [0.2, 0.25) is 0 Å². The van der Waals surface area contributed by atoms with E-state index in [0.29, 0.717) is 0 Å². The molecule has 0 amide bonds. The molecule has 0 aromatic carbocycles. The Labute approximate surface area is 57.1 Å². The van der Waals surface area contributed by atoms with Crippen LogP contribution in [0.15, 0.2) is 11.8 Å². The first-order valence-corrected chi connectivity index (χ1v) is 3.39. The number of nitrogens with two attached hydrogens (primary N) is 1. The lowest BCUT2D eigenvalue weighted by Gasteiger charge is -2.00. The van der Waals surface area contributed by atoms with Gasteiger partial charge < -0.3 is 11.1 Å². The number of hydrogen-bond donors (Lipinski definition) is 2. The highest BCUT2D eigenvalue weighted by molar-refractivity contribution is 4.96. The van der Waals surface area contributed by atoms with Crippen molar-refractivity contribution in [2.75, 3.05) is 13.1 Å². The van der Waals surface area contributed by atoms with Gasteiger partial charge in [-0.2, -0.15) is 0 Å². The molecule has 0 aromatic rings. The topological polar surface area (TPSA) is 38.0 Å². The summed E-state index contributed by atoms with van der Waals surface area (Å²) in [5.74, 6) is 0. The van der Waals surface area contributed by atoms with Gasteiger partial charge >= 0.3 is 0 Å². The molecule has 0 spiro atoms. The van der Waals surface area contributed by atoms with Crippen molar-refractivity contribution >= 4 is 0 Å². The third kappa shape index (κ3) is 5.37. The van der Waals surface area contributed by atoms with Crippen LogP contribution < -0.4 is 11.1 Å². The Morgan fingerprint density at radius 2 is 2.33 bits per heavy atom. The van der Waals surface area contributed by atoms with E-state index in [9.17, 15) is 0 Å². The first kappa shape index (κ1) is 8.50. The third-order valence-corrected chi connectivity index (χ3v) is 1.12. The van der Waals surface area contributed by atoms with Crippen LogP contribution in [-0.2, 0) is 0 Å². The zero-order valence-electron chi connectivity index (χ0n) is 6.28. The molecule has 0 fully saturated rings. The van der Waals surface area contributed by atoms with Gasteiger partial charge in [0.25, 0.3) is 0 Å². The molecule has 0 unspecified atom stereocenters. The molecule has 0 atom stereocenters. The minimum Gasteiger partial charge on any atom is -0.405 e. The van der Waals surface area contributed by atoms with Gasteiger partial charge in [-0.05, 0) is 31.7 Å². The van der Waals surface area contributed by atoms with Crippen molar-refractivity contribution < 1.29 is 0 Å². The third-order valence-electron chi connectivity index (χ3n) is 1.12. The second-order valence-electron chi connectivity index (χ2n) is 2.19. The maximum atomic E-state index is 5.25. The van der Waals surface area contributed by atoms with E-state index in [-0.39, 0.29) is 0 Å². The molecule has 54 valence electrons. The molecule has 0 saturated heterocycles. The fourth-order valence-corrected chi connectivity index (χ4v) is 0.521. The molecular formula is C7H16N2. The van der Waals surface area contributed by atoms with Crippen molar-refractivity contribution in [1.29, 1.82) is 0 Å². The van der Waals surface area contributed by atoms with Crippen LogP contribution in [0.3, 0.4) is 0 Å². The van der Waals surface area contributed by atoms with E-state index in [4.69, 9.17) is 5.73 Å². The quantitative estimate of drug-likeness (QED) is 0.551. The molecule has 0 aliphatic carbocycles. The first-order valence-electron chi connectivity index (χ1n) is 3.39. The van der Waals surface area contributed by atoms with E-state index in [1.165, 1.54) is 12.0 Å². The predicted octanol–water partition coefficient (Wildman–Crippen LogP) is 0.849. The molecule has 0 bridgehead atoms. The number of hydrogen-bond acceptors (Lipinski definition) is 2. The number of nitrogens with one attached hydrogen (secondary N) is 1. The second-order valence-corrected chi connectivity index (χ2v) is 2.19. The average Bonchev–Trinajstić information content (AvgIpc) is 1.89. The highest BCUT2D eigenvalue weighted by Gasteiger charge is 1.84. The van der Waals surface area contributed by atoms with E-state index >= 15 is 0 Å². The van der Waals surface area contributed by atoms with Crippen LogP contribution in [0.2, 0.25) is 0 Å². The van der Waals surface area contributed by atoms with Gasteiger partial charge in [0, 0.05) is 6.54 Å². The van der Waals surface area contributed by atoms with Crippen molar-refractivity contribution in [1.82, 2.24) is 5.32 Å². The molecule has 9 heavy (non-hydrogen) atoms. The van der Waals surface area contributed by atoms with Gasteiger partial charge in [-0.3, -0.25) is 0 Å². The smallest absolute Gasteiger partial charge is 0.0179 e. The molecule has 0 radical (unpaired) electrons. The van der Waals surface area contributed by atoms with Crippen molar-refractivity contribution in [3.05, 3.63) is 11.8 Å². The van der Waals surface area contributed by atoms with E-state index in [1.54, 1.807) is 6.20 Å². The molecule has 2 nitrogen and oxygen atoms in total. The Morgan fingerprint density at radius 3 is 2.78 bits per heavy atom. The van der Waals surface area contributed by atoms with Crippen molar-refractivity contribution in [2.45, 2.75) is 20.3 Å². The maximum Gasteiger partial charge on any atom is 0.0179 e. The van der Waals surface area contributed by atoms with Crippen molar-refractivity contribution in [2.24, 2.45) is 5.73 Å². The monoisotopic (exact) mass is 128 g/mol. The van der Waals surface area contributed by atoms with Gasteiger partial charge in [0.15, 0.2) is 0 Å². The molecule has 0 aromatic heterocycles. The first-order chi connectivity index (χ1) is 4.31. The van der Waals surface area contributed by atoms with Gasteiger partial charge in [-0.25, -0.2) is 0 Å². The van der Waals surface area contributed by atoms with Crippen LogP contribution >= 0.6 is 0 Å². The summed E-state index contributed by atoms with van der Waals surface area (Å²) in [5.41, 5.74) is 6.45. The molecule has 0 saturated carbocycles. The molecule has 0 rings (SSSR count). The van der Waals surface area contributed by atoms with Gasteiger partial charge in [0.05, 0.1) is 0 Å². The summed E-state index contributed by atoms with van der Waals surface area (Å²) >= 11 is 0. The number of rotatable bonds is 4. The summed E-state index contributed by atoms with van der Waals surface area (Å²) in [5, 5.41) is 3.24. The van der Waals surface area contributed by atoms with Crippen LogP contribution in [-0.4, -0.2) is 13.1 Å². The Bertz CT molecular complexity index is 86.9. The van der Waals surface area contributed by atoms with Crippen LogP contribution in [0.5, 0.6) is 0 Å². The van der Waals surface area contributed by atoms with E-state index < -0.39 is 0 Å². The minimum atomic E-state index is 0.921. The zero-order chi connectivity index (χ0) is 7.11. The average molecular weight is 128 g/mol. The Hall–Kier alpha value is -0.500. The largest absolute Gasteiger partial charge is 0.405 e. The molecule has 0 heterocycles. The Balaban J connectivity index is 3.07. The lowest BCUT2D eigenvalue weighted by molar-refractivity contribution is 0.713. The maximum absolute atomic E-state index is 5.25. The normalized spacial score (nSPS) is 12.0. The summed E-state index contributed by atoms with van der Waals surface area (Å²) in [6.45, 7) is 6.16. The molecular weight excluding hydrogens is 112 g/mol. The second kappa shape index (κ2) is 5.63. The molecule has 0 aliphatic rings. The SMILES string of the molecule is CCCNC/C(C)=C/N. The summed E-state index contributed by atoms with van der Waals surface area (Å²) < 4.78 is 0. The van der Waals surface area contributed by atoms with Gasteiger partial charge in [0.1, 0.15) is 0 Å². The van der Waals surface area contributed by atoms with Crippen LogP contribution in [0.1, 0.15) is 20.3 Å². The van der Waals surface area contributed by atoms with Crippen molar-refractivity contribution in [3.8, 4) is 0 Å². The Morgan fingerprint density at radius 1 is 1.67 bits per heavy atom. The zero-order valence-corrected chi connectivity index (χ0v) is 6.28. The summed E-state index contributed by atoms with van der Waals surface area (Å²) in [7, 11) is 0. The van der Waals surface area contributed by atoms with Crippen LogP contribution in [0.25, 0.3) is 0 Å². The van der Waals surface area contributed by atoms with E-state index in [0.717, 1.165) is 13.1 Å². The van der Waals surface area contributed by atoms with Crippen LogP contribution in [0.4, 0.5) is 0 Å². The summed E-state index contributed by atoms with van der Waals surface area (Å²) in [4.78, 5) is 0. The lowest BCUT2D eigenvalue weighted by Crippen LogP contribution is -2.17. The predicted molar refractivity (Wildman–Crippen MR) is 41.1 cm³/mol. The summed E-state index contributed by atoms with van der Waals surface area (Å²) in [6, 6.07) is 0. The highest BCUT2D eigenvalue weighted by Crippen LogP contribution is 1.83. The highest BCUT2D eigenvalue weighted by atomic mass is 14.8. The fraction of sp³-hybridized carbons (Fsp3) is 0.714. The molecule has 2 heteroatoms. The van der Waals surface area contributed by atoms with Gasteiger partial charge in [-0.1, -0.05) is 6.92 Å². The minimum absolute atomic E-state index is 0.921. The van der Waals surface area contributed by atoms with Crippen LogP contribution in [0, 0.1) is 0 Å². The lowest BCUT2D eigenvalue weighted by atomic mass is 10.3. The summed E-state index contributed by atoms with van der Waals surface area (Å²) in [6.07, 6.45) is 2.82. The van der Waals surface area contributed by atoms with Gasteiger partial charge in [-0.15, -0.1) is 0 Å². The fourth-order valence-electron chi connectivity index (χ4n) is 0.521. The molecule has 3 N–H and O–H groups in total. The van der Waals surface area contributed by atoms with E-state index in [2.05, 4.69) is 12.2 Å². The Kier molecular flexibility index (Phi) is 5.32. The standard InChI is InChI=1S/C7H16N2/c1-3-4-9-6-7(2)5-8/h5,9H,3-4,6,8H2,1-2H3/b7-5+. The van der Waals surface area contributed by atoms with Crippen molar-refractivity contribution in [3.63, 3.8) is 0 Å².